The molecule has 0 saturated carbocycles. The standard InChI is InChI=1S/C16H26N2OS/c1-13-5-10-20-14(13)11-17-9-6-16(2,19)15(12-17)18-7-3-4-8-18/h5,10,15,19H,3-4,6-9,11-12H2,1-2H3/t15-,16-/m1/s1. The third-order valence-electron chi connectivity index (χ3n) is 5.00. The summed E-state index contributed by atoms with van der Waals surface area (Å²) in [6.07, 6.45) is 3.46. The largest absolute Gasteiger partial charge is 0.388 e. The van der Waals surface area contributed by atoms with Gasteiger partial charge in [-0.2, -0.15) is 0 Å². The summed E-state index contributed by atoms with van der Waals surface area (Å²) in [6, 6.07) is 2.51. The van der Waals surface area contributed by atoms with Crippen LogP contribution in [0.1, 0.15) is 36.6 Å². The lowest BCUT2D eigenvalue weighted by Gasteiger charge is -2.46. The third-order valence-corrected chi connectivity index (χ3v) is 6.01. The fourth-order valence-corrected chi connectivity index (χ4v) is 4.51. The molecule has 20 heavy (non-hydrogen) atoms. The minimum Gasteiger partial charge on any atom is -0.388 e. The zero-order chi connectivity index (χ0) is 14.2. The van der Waals surface area contributed by atoms with Crippen molar-refractivity contribution in [3.8, 4) is 0 Å². The Labute approximate surface area is 126 Å². The summed E-state index contributed by atoms with van der Waals surface area (Å²) in [5.74, 6) is 0. The average molecular weight is 294 g/mol. The minimum atomic E-state index is -0.522. The maximum Gasteiger partial charge on any atom is 0.0798 e. The van der Waals surface area contributed by atoms with Crippen LogP contribution in [0.3, 0.4) is 0 Å². The lowest BCUT2D eigenvalue weighted by molar-refractivity contribution is -0.0774. The normalized spacial score (nSPS) is 32.9. The van der Waals surface area contributed by atoms with Gasteiger partial charge in [-0.15, -0.1) is 11.3 Å². The van der Waals surface area contributed by atoms with Gasteiger partial charge in [0, 0.05) is 24.5 Å². The molecule has 0 radical (unpaired) electrons. The van der Waals surface area contributed by atoms with E-state index in [-0.39, 0.29) is 0 Å². The van der Waals surface area contributed by atoms with Crippen molar-refractivity contribution in [2.24, 2.45) is 0 Å². The maximum absolute atomic E-state index is 10.7. The van der Waals surface area contributed by atoms with Gasteiger partial charge >= 0.3 is 0 Å². The molecule has 2 saturated heterocycles. The lowest BCUT2D eigenvalue weighted by atomic mass is 9.87. The minimum absolute atomic E-state index is 0.305. The number of aliphatic hydroxyl groups is 1. The number of hydrogen-bond acceptors (Lipinski definition) is 4. The highest BCUT2D eigenvalue weighted by atomic mass is 32.1. The number of rotatable bonds is 3. The van der Waals surface area contributed by atoms with Crippen molar-refractivity contribution in [3.05, 3.63) is 21.9 Å². The molecule has 0 bridgehead atoms. The topological polar surface area (TPSA) is 26.7 Å². The SMILES string of the molecule is Cc1ccsc1CN1CC[C@@](C)(O)[C@H](N2CCCC2)C1. The summed E-state index contributed by atoms with van der Waals surface area (Å²) in [4.78, 5) is 6.51. The van der Waals surface area contributed by atoms with Crippen molar-refractivity contribution in [1.82, 2.24) is 9.80 Å². The van der Waals surface area contributed by atoms with Gasteiger partial charge in [0.15, 0.2) is 0 Å². The average Bonchev–Trinajstić information content (AvgIpc) is 3.04. The molecule has 1 N–H and O–H groups in total. The highest BCUT2D eigenvalue weighted by molar-refractivity contribution is 7.10. The van der Waals surface area contributed by atoms with Crippen molar-refractivity contribution in [2.45, 2.75) is 51.3 Å². The van der Waals surface area contributed by atoms with E-state index in [1.165, 1.54) is 23.3 Å². The van der Waals surface area contributed by atoms with Gasteiger partial charge in [-0.25, -0.2) is 0 Å². The predicted molar refractivity (Wildman–Crippen MR) is 84.2 cm³/mol. The molecule has 2 fully saturated rings. The van der Waals surface area contributed by atoms with Crippen LogP contribution < -0.4 is 0 Å². The first-order valence-electron chi connectivity index (χ1n) is 7.78. The van der Waals surface area contributed by atoms with E-state index in [0.29, 0.717) is 6.04 Å². The van der Waals surface area contributed by atoms with E-state index in [2.05, 4.69) is 28.2 Å². The Hall–Kier alpha value is -0.420. The molecule has 0 aliphatic carbocycles. The number of aryl methyl sites for hydroxylation is 1. The number of piperidine rings is 1. The maximum atomic E-state index is 10.7. The first kappa shape index (κ1) is 14.5. The van der Waals surface area contributed by atoms with Crippen LogP contribution in [-0.4, -0.2) is 52.7 Å². The first-order chi connectivity index (χ1) is 9.56. The van der Waals surface area contributed by atoms with Gasteiger partial charge < -0.3 is 5.11 Å². The number of nitrogens with zero attached hydrogens (tertiary/aromatic N) is 2. The Morgan fingerprint density at radius 1 is 1.35 bits per heavy atom. The molecular weight excluding hydrogens is 268 g/mol. The van der Waals surface area contributed by atoms with Crippen molar-refractivity contribution in [3.63, 3.8) is 0 Å². The first-order valence-corrected chi connectivity index (χ1v) is 8.66. The van der Waals surface area contributed by atoms with E-state index in [1.807, 2.05) is 18.3 Å². The second kappa shape index (κ2) is 5.76. The fraction of sp³-hybridized carbons (Fsp3) is 0.750. The molecule has 0 amide bonds. The Balaban J connectivity index is 1.68. The smallest absolute Gasteiger partial charge is 0.0798 e. The number of thiophene rings is 1. The Bertz CT molecular complexity index is 451. The number of hydrogen-bond donors (Lipinski definition) is 1. The number of likely N-dealkylation sites (tertiary alicyclic amines) is 2. The molecule has 0 unspecified atom stereocenters. The second-order valence-electron chi connectivity index (χ2n) is 6.63. The van der Waals surface area contributed by atoms with Crippen LogP contribution in [0, 0.1) is 6.92 Å². The summed E-state index contributed by atoms with van der Waals surface area (Å²) in [6.45, 7) is 9.61. The molecule has 2 aliphatic rings. The second-order valence-corrected chi connectivity index (χ2v) is 7.63. The van der Waals surface area contributed by atoms with Gasteiger partial charge in [0.2, 0.25) is 0 Å². The van der Waals surface area contributed by atoms with Crippen LogP contribution in [0.4, 0.5) is 0 Å². The fourth-order valence-electron chi connectivity index (χ4n) is 3.56. The van der Waals surface area contributed by atoms with E-state index in [0.717, 1.165) is 39.1 Å². The van der Waals surface area contributed by atoms with Crippen molar-refractivity contribution < 1.29 is 5.11 Å². The van der Waals surface area contributed by atoms with Crippen LogP contribution >= 0.6 is 11.3 Å². The van der Waals surface area contributed by atoms with E-state index in [9.17, 15) is 5.11 Å². The van der Waals surface area contributed by atoms with Gasteiger partial charge in [-0.3, -0.25) is 9.80 Å². The molecule has 0 spiro atoms. The molecule has 2 atom stereocenters. The lowest BCUT2D eigenvalue weighted by Crippen LogP contribution is -2.60. The van der Waals surface area contributed by atoms with Crippen molar-refractivity contribution in [1.29, 1.82) is 0 Å². The van der Waals surface area contributed by atoms with E-state index in [1.54, 1.807) is 0 Å². The molecule has 3 rings (SSSR count). The highest BCUT2D eigenvalue weighted by Gasteiger charge is 2.41. The van der Waals surface area contributed by atoms with E-state index >= 15 is 0 Å². The zero-order valence-electron chi connectivity index (χ0n) is 12.6. The van der Waals surface area contributed by atoms with Crippen molar-refractivity contribution >= 4 is 11.3 Å². The van der Waals surface area contributed by atoms with Crippen LogP contribution in [0.25, 0.3) is 0 Å². The van der Waals surface area contributed by atoms with Gasteiger partial charge in [-0.05, 0) is 63.2 Å². The van der Waals surface area contributed by atoms with E-state index in [4.69, 9.17) is 0 Å². The van der Waals surface area contributed by atoms with E-state index < -0.39 is 5.60 Å². The van der Waals surface area contributed by atoms with Crippen LogP contribution in [0.5, 0.6) is 0 Å². The molecule has 1 aromatic heterocycles. The van der Waals surface area contributed by atoms with Gasteiger partial charge in [0.1, 0.15) is 0 Å². The Kier molecular flexibility index (Phi) is 4.18. The molecule has 2 aliphatic heterocycles. The summed E-state index contributed by atoms with van der Waals surface area (Å²) in [7, 11) is 0. The Morgan fingerprint density at radius 3 is 2.75 bits per heavy atom. The monoisotopic (exact) mass is 294 g/mol. The molecule has 1 aromatic rings. The summed E-state index contributed by atoms with van der Waals surface area (Å²) in [5.41, 5.74) is 0.885. The molecular formula is C16H26N2OS. The molecule has 112 valence electrons. The third kappa shape index (κ3) is 2.93. The van der Waals surface area contributed by atoms with Gasteiger partial charge in [0.25, 0.3) is 0 Å². The quantitative estimate of drug-likeness (QED) is 0.928. The molecule has 0 aromatic carbocycles. The van der Waals surface area contributed by atoms with Crippen LogP contribution in [0.15, 0.2) is 11.4 Å². The van der Waals surface area contributed by atoms with Gasteiger partial charge in [0.05, 0.1) is 11.6 Å². The molecule has 3 nitrogen and oxygen atoms in total. The summed E-state index contributed by atoms with van der Waals surface area (Å²) < 4.78 is 0. The zero-order valence-corrected chi connectivity index (χ0v) is 13.5. The Morgan fingerprint density at radius 2 is 2.10 bits per heavy atom. The summed E-state index contributed by atoms with van der Waals surface area (Å²) in [5, 5.41) is 12.9. The highest BCUT2D eigenvalue weighted by Crippen LogP contribution is 2.30. The van der Waals surface area contributed by atoms with Crippen LogP contribution in [0.2, 0.25) is 0 Å². The van der Waals surface area contributed by atoms with Crippen LogP contribution in [-0.2, 0) is 6.54 Å². The molecule has 3 heterocycles. The summed E-state index contributed by atoms with van der Waals surface area (Å²) >= 11 is 1.86. The van der Waals surface area contributed by atoms with Crippen molar-refractivity contribution in [2.75, 3.05) is 26.2 Å². The predicted octanol–water partition coefficient (Wildman–Crippen LogP) is 2.48. The molecule has 4 heteroatoms. The van der Waals surface area contributed by atoms with Gasteiger partial charge in [-0.1, -0.05) is 0 Å².